The van der Waals surface area contributed by atoms with E-state index in [1.54, 1.807) is 6.07 Å². The number of phenolic OH excluding ortho intramolecular Hbond substituents is 1. The monoisotopic (exact) mass is 178 g/mol. The van der Waals surface area contributed by atoms with Gasteiger partial charge in [-0.25, -0.2) is 0 Å². The lowest BCUT2D eigenvalue weighted by molar-refractivity contribution is 0.112. The third-order valence-corrected chi connectivity index (χ3v) is 1.95. The molecule has 1 N–H and O–H groups in total. The molecular weight excluding hydrogens is 164 g/mol. The molecule has 0 saturated heterocycles. The van der Waals surface area contributed by atoms with Crippen molar-refractivity contribution in [3.63, 3.8) is 0 Å². The van der Waals surface area contributed by atoms with Gasteiger partial charge in [0, 0.05) is 5.56 Å². The van der Waals surface area contributed by atoms with Crippen LogP contribution in [0.4, 0.5) is 0 Å². The summed E-state index contributed by atoms with van der Waals surface area (Å²) in [6.07, 6.45) is 3.88. The maximum absolute atomic E-state index is 10.5. The fourth-order valence-corrected chi connectivity index (χ4v) is 1.29. The standard InChI is InChI=1S/C11H14O2/c1-2-3-4-9-5-10(8-12)7-11(13)6-9/h5-8,13H,2-4H2,1H3. The Morgan fingerprint density at radius 1 is 1.38 bits per heavy atom. The van der Waals surface area contributed by atoms with Gasteiger partial charge < -0.3 is 5.11 Å². The Morgan fingerprint density at radius 3 is 2.77 bits per heavy atom. The number of unbranched alkanes of at least 4 members (excludes halogenated alkanes) is 1. The summed E-state index contributed by atoms with van der Waals surface area (Å²) >= 11 is 0. The second kappa shape index (κ2) is 4.65. The van der Waals surface area contributed by atoms with E-state index in [0.717, 1.165) is 31.1 Å². The first kappa shape index (κ1) is 9.78. The molecule has 0 aliphatic heterocycles. The highest BCUT2D eigenvalue weighted by atomic mass is 16.3. The fourth-order valence-electron chi connectivity index (χ4n) is 1.29. The van der Waals surface area contributed by atoms with Gasteiger partial charge in [-0.1, -0.05) is 13.3 Å². The van der Waals surface area contributed by atoms with E-state index in [-0.39, 0.29) is 5.75 Å². The first-order valence-corrected chi connectivity index (χ1v) is 4.54. The van der Waals surface area contributed by atoms with E-state index in [2.05, 4.69) is 6.92 Å². The Bertz CT molecular complexity index is 292. The summed E-state index contributed by atoms with van der Waals surface area (Å²) in [5.41, 5.74) is 1.58. The lowest BCUT2D eigenvalue weighted by Gasteiger charge is -2.01. The van der Waals surface area contributed by atoms with Gasteiger partial charge in [-0.05, 0) is 36.6 Å². The van der Waals surface area contributed by atoms with Crippen molar-refractivity contribution in [2.24, 2.45) is 0 Å². The highest BCUT2D eigenvalue weighted by Crippen LogP contribution is 2.16. The molecule has 2 nitrogen and oxygen atoms in total. The number of carbonyl (C=O) groups excluding carboxylic acids is 1. The minimum atomic E-state index is 0.177. The number of aromatic hydroxyl groups is 1. The van der Waals surface area contributed by atoms with Crippen LogP contribution in [0, 0.1) is 0 Å². The van der Waals surface area contributed by atoms with E-state index in [1.165, 1.54) is 6.07 Å². The summed E-state index contributed by atoms with van der Waals surface area (Å²) in [4.78, 5) is 10.5. The maximum Gasteiger partial charge on any atom is 0.150 e. The van der Waals surface area contributed by atoms with Crippen LogP contribution in [-0.4, -0.2) is 11.4 Å². The molecule has 0 heterocycles. The first-order valence-electron chi connectivity index (χ1n) is 4.54. The van der Waals surface area contributed by atoms with Crippen molar-refractivity contribution in [3.05, 3.63) is 29.3 Å². The van der Waals surface area contributed by atoms with Crippen molar-refractivity contribution in [3.8, 4) is 5.75 Å². The number of carbonyl (C=O) groups is 1. The number of aldehydes is 1. The predicted octanol–water partition coefficient (Wildman–Crippen LogP) is 2.55. The van der Waals surface area contributed by atoms with Gasteiger partial charge in [0.2, 0.25) is 0 Å². The van der Waals surface area contributed by atoms with Crippen LogP contribution in [0.2, 0.25) is 0 Å². The molecule has 0 spiro atoms. The average Bonchev–Trinajstić information content (AvgIpc) is 2.14. The molecule has 0 aromatic heterocycles. The third-order valence-electron chi connectivity index (χ3n) is 1.95. The number of benzene rings is 1. The lowest BCUT2D eigenvalue weighted by atomic mass is 10.1. The molecule has 0 saturated carbocycles. The molecule has 1 aromatic carbocycles. The van der Waals surface area contributed by atoms with Crippen LogP contribution in [-0.2, 0) is 6.42 Å². The number of aryl methyl sites for hydroxylation is 1. The van der Waals surface area contributed by atoms with Crippen molar-refractivity contribution < 1.29 is 9.90 Å². The van der Waals surface area contributed by atoms with E-state index in [4.69, 9.17) is 0 Å². The van der Waals surface area contributed by atoms with Crippen LogP contribution < -0.4 is 0 Å². The quantitative estimate of drug-likeness (QED) is 0.719. The molecule has 0 aliphatic rings. The van der Waals surface area contributed by atoms with Gasteiger partial charge in [0.25, 0.3) is 0 Å². The molecule has 0 unspecified atom stereocenters. The molecule has 0 fully saturated rings. The van der Waals surface area contributed by atoms with Crippen LogP contribution in [0.25, 0.3) is 0 Å². The molecule has 1 aromatic rings. The molecule has 0 radical (unpaired) electrons. The van der Waals surface area contributed by atoms with Crippen molar-refractivity contribution in [1.29, 1.82) is 0 Å². The van der Waals surface area contributed by atoms with Crippen LogP contribution in [0.3, 0.4) is 0 Å². The predicted molar refractivity (Wildman–Crippen MR) is 52.1 cm³/mol. The molecule has 1 rings (SSSR count). The molecule has 0 bridgehead atoms. The SMILES string of the molecule is CCCCc1cc(O)cc(C=O)c1. The summed E-state index contributed by atoms with van der Waals surface area (Å²) in [5.74, 6) is 0.177. The van der Waals surface area contributed by atoms with Crippen LogP contribution in [0.1, 0.15) is 35.7 Å². The number of phenols is 1. The minimum Gasteiger partial charge on any atom is -0.508 e. The van der Waals surface area contributed by atoms with E-state index in [1.807, 2.05) is 6.07 Å². The maximum atomic E-state index is 10.5. The van der Waals surface area contributed by atoms with Gasteiger partial charge in [-0.15, -0.1) is 0 Å². The second-order valence-electron chi connectivity index (χ2n) is 3.15. The van der Waals surface area contributed by atoms with Gasteiger partial charge in [-0.2, -0.15) is 0 Å². The van der Waals surface area contributed by atoms with Crippen LogP contribution in [0.15, 0.2) is 18.2 Å². The number of hydrogen-bond acceptors (Lipinski definition) is 2. The van der Waals surface area contributed by atoms with E-state index in [9.17, 15) is 9.90 Å². The Kier molecular flexibility index (Phi) is 3.50. The van der Waals surface area contributed by atoms with Gasteiger partial charge in [-0.3, -0.25) is 4.79 Å². The van der Waals surface area contributed by atoms with E-state index in [0.29, 0.717) is 5.56 Å². The summed E-state index contributed by atoms with van der Waals surface area (Å²) in [6, 6.07) is 5.01. The summed E-state index contributed by atoms with van der Waals surface area (Å²) in [5, 5.41) is 9.27. The summed E-state index contributed by atoms with van der Waals surface area (Å²) in [7, 11) is 0. The lowest BCUT2D eigenvalue weighted by Crippen LogP contribution is -1.87. The van der Waals surface area contributed by atoms with Crippen molar-refractivity contribution in [2.75, 3.05) is 0 Å². The largest absolute Gasteiger partial charge is 0.508 e. The molecule has 0 amide bonds. The highest BCUT2D eigenvalue weighted by Gasteiger charge is 1.98. The van der Waals surface area contributed by atoms with Crippen LogP contribution in [0.5, 0.6) is 5.75 Å². The highest BCUT2D eigenvalue weighted by molar-refractivity contribution is 5.75. The van der Waals surface area contributed by atoms with E-state index >= 15 is 0 Å². The summed E-state index contributed by atoms with van der Waals surface area (Å²) in [6.45, 7) is 2.11. The zero-order chi connectivity index (χ0) is 9.68. The minimum absolute atomic E-state index is 0.177. The topological polar surface area (TPSA) is 37.3 Å². The first-order chi connectivity index (χ1) is 6.26. The Hall–Kier alpha value is -1.31. The van der Waals surface area contributed by atoms with Gasteiger partial charge in [0.05, 0.1) is 0 Å². The van der Waals surface area contributed by atoms with Gasteiger partial charge in [0.15, 0.2) is 0 Å². The Labute approximate surface area is 78.2 Å². The third kappa shape index (κ3) is 2.90. The zero-order valence-electron chi connectivity index (χ0n) is 7.79. The van der Waals surface area contributed by atoms with Gasteiger partial charge in [0.1, 0.15) is 12.0 Å². The molecular formula is C11H14O2. The van der Waals surface area contributed by atoms with E-state index < -0.39 is 0 Å². The molecule has 2 heteroatoms. The Balaban J connectivity index is 2.81. The summed E-state index contributed by atoms with van der Waals surface area (Å²) < 4.78 is 0. The van der Waals surface area contributed by atoms with Crippen molar-refractivity contribution in [1.82, 2.24) is 0 Å². The van der Waals surface area contributed by atoms with Crippen molar-refractivity contribution >= 4 is 6.29 Å². The second-order valence-corrected chi connectivity index (χ2v) is 3.15. The fraction of sp³-hybridized carbons (Fsp3) is 0.364. The molecule has 0 aliphatic carbocycles. The zero-order valence-corrected chi connectivity index (χ0v) is 7.79. The number of rotatable bonds is 4. The number of hydrogen-bond donors (Lipinski definition) is 1. The normalized spacial score (nSPS) is 9.92. The molecule has 0 atom stereocenters. The smallest absolute Gasteiger partial charge is 0.150 e. The molecule has 70 valence electrons. The van der Waals surface area contributed by atoms with Crippen LogP contribution >= 0.6 is 0 Å². The average molecular weight is 178 g/mol. The molecule has 13 heavy (non-hydrogen) atoms. The van der Waals surface area contributed by atoms with Gasteiger partial charge >= 0.3 is 0 Å². The van der Waals surface area contributed by atoms with Crippen molar-refractivity contribution in [2.45, 2.75) is 26.2 Å². The Morgan fingerprint density at radius 2 is 2.15 bits per heavy atom.